The zero-order valence-electron chi connectivity index (χ0n) is 5.13. The highest BCUT2D eigenvalue weighted by Gasteiger charge is 2.10. The molecule has 10 heavy (non-hydrogen) atoms. The Balaban J connectivity index is 2.85. The number of nitrogens with zero attached hydrogens (tertiary/aromatic N) is 1. The molecule has 1 aromatic heterocycles. The number of aromatic nitrogens is 1. The van der Waals surface area contributed by atoms with E-state index in [2.05, 4.69) is 14.4 Å². The molecule has 0 unspecified atom stereocenters. The minimum absolute atomic E-state index is 0.0698. The normalized spacial score (nSPS) is 9.40. The molecule has 0 bridgehead atoms. The molecule has 0 N–H and O–H groups in total. The average Bonchev–Trinajstić information content (AvgIpc) is 2.34. The lowest BCUT2D eigenvalue weighted by molar-refractivity contribution is 0.0589. The van der Waals surface area contributed by atoms with Crippen LogP contribution >= 0.6 is 11.6 Å². The molecule has 4 nitrogen and oxygen atoms in total. The molecule has 5 heteroatoms. The Morgan fingerprint density at radius 1 is 1.90 bits per heavy atom. The standard InChI is InChI=1S/C5H4ClNO3/c1-9-5(8)3-2-4(6)10-7-3/h2H,1H3. The number of rotatable bonds is 1. The summed E-state index contributed by atoms with van der Waals surface area (Å²) < 4.78 is 8.73. The second-order valence-electron chi connectivity index (χ2n) is 1.51. The minimum Gasteiger partial charge on any atom is -0.464 e. The first-order valence-corrected chi connectivity index (χ1v) is 2.82. The van der Waals surface area contributed by atoms with Gasteiger partial charge in [0, 0.05) is 6.07 Å². The molecule has 1 rings (SSSR count). The van der Waals surface area contributed by atoms with Crippen LogP contribution in [0, 0.1) is 0 Å². The van der Waals surface area contributed by atoms with Gasteiger partial charge in [-0.25, -0.2) is 4.79 Å². The summed E-state index contributed by atoms with van der Waals surface area (Å²) in [6.07, 6.45) is 0. The fraction of sp³-hybridized carbons (Fsp3) is 0.200. The number of hydrogen-bond acceptors (Lipinski definition) is 4. The van der Waals surface area contributed by atoms with Gasteiger partial charge in [-0.3, -0.25) is 0 Å². The molecule has 1 aromatic rings. The van der Waals surface area contributed by atoms with Gasteiger partial charge >= 0.3 is 5.97 Å². The highest BCUT2D eigenvalue weighted by Crippen LogP contribution is 2.09. The van der Waals surface area contributed by atoms with Crippen LogP contribution in [-0.4, -0.2) is 18.2 Å². The third-order valence-electron chi connectivity index (χ3n) is 0.876. The predicted molar refractivity (Wildman–Crippen MR) is 32.9 cm³/mol. The van der Waals surface area contributed by atoms with Crippen molar-refractivity contribution in [1.29, 1.82) is 0 Å². The van der Waals surface area contributed by atoms with E-state index >= 15 is 0 Å². The molecular formula is C5H4ClNO3. The van der Waals surface area contributed by atoms with Crippen LogP contribution in [0.1, 0.15) is 10.5 Å². The molecule has 0 fully saturated rings. The zero-order chi connectivity index (χ0) is 7.56. The number of methoxy groups -OCH3 is 1. The summed E-state index contributed by atoms with van der Waals surface area (Å²) in [6, 6.07) is 1.29. The van der Waals surface area contributed by atoms with Crippen molar-refractivity contribution in [3.05, 3.63) is 17.0 Å². The van der Waals surface area contributed by atoms with Gasteiger partial charge in [-0.1, -0.05) is 5.16 Å². The summed E-state index contributed by atoms with van der Waals surface area (Å²) in [4.78, 5) is 10.6. The first-order chi connectivity index (χ1) is 4.74. The van der Waals surface area contributed by atoms with Crippen LogP contribution in [0.5, 0.6) is 0 Å². The first kappa shape index (κ1) is 7.08. The van der Waals surface area contributed by atoms with Crippen LogP contribution < -0.4 is 0 Å². The van der Waals surface area contributed by atoms with Crippen molar-refractivity contribution in [1.82, 2.24) is 5.16 Å². The van der Waals surface area contributed by atoms with Crippen molar-refractivity contribution in [3.63, 3.8) is 0 Å². The van der Waals surface area contributed by atoms with Gasteiger partial charge in [-0.2, -0.15) is 0 Å². The van der Waals surface area contributed by atoms with Crippen molar-refractivity contribution in [2.75, 3.05) is 7.11 Å². The maximum atomic E-state index is 10.6. The summed E-state index contributed by atoms with van der Waals surface area (Å²) in [5.74, 6) is -0.560. The number of hydrogen-bond donors (Lipinski definition) is 0. The van der Waals surface area contributed by atoms with Crippen LogP contribution in [0.15, 0.2) is 10.6 Å². The van der Waals surface area contributed by atoms with E-state index in [-0.39, 0.29) is 10.9 Å². The third-order valence-corrected chi connectivity index (χ3v) is 1.05. The second-order valence-corrected chi connectivity index (χ2v) is 1.88. The van der Waals surface area contributed by atoms with E-state index in [0.29, 0.717) is 0 Å². The van der Waals surface area contributed by atoms with Gasteiger partial charge in [0.15, 0.2) is 5.69 Å². The minimum atomic E-state index is -0.560. The lowest BCUT2D eigenvalue weighted by Crippen LogP contribution is -2.00. The average molecular weight is 162 g/mol. The van der Waals surface area contributed by atoms with Gasteiger partial charge in [-0.05, 0) is 11.6 Å². The predicted octanol–water partition coefficient (Wildman–Crippen LogP) is 1.11. The summed E-state index contributed by atoms with van der Waals surface area (Å²) in [7, 11) is 1.25. The summed E-state index contributed by atoms with van der Waals surface area (Å²) in [5.41, 5.74) is 0.0764. The number of carbonyl (C=O) groups is 1. The number of ether oxygens (including phenoxy) is 1. The first-order valence-electron chi connectivity index (χ1n) is 2.44. The molecule has 0 amide bonds. The van der Waals surface area contributed by atoms with Crippen molar-refractivity contribution >= 4 is 17.6 Å². The van der Waals surface area contributed by atoms with Crippen molar-refractivity contribution in [3.8, 4) is 0 Å². The second kappa shape index (κ2) is 2.70. The molecule has 1 heterocycles. The van der Waals surface area contributed by atoms with Crippen LogP contribution in [0.3, 0.4) is 0 Å². The monoisotopic (exact) mass is 161 g/mol. The Kier molecular flexibility index (Phi) is 1.91. The SMILES string of the molecule is COC(=O)c1cc(Cl)on1. The fourth-order valence-electron chi connectivity index (χ4n) is 0.454. The Hall–Kier alpha value is -1.03. The van der Waals surface area contributed by atoms with Gasteiger partial charge in [0.05, 0.1) is 7.11 Å². The van der Waals surface area contributed by atoms with Crippen LogP contribution in [-0.2, 0) is 4.74 Å². The lowest BCUT2D eigenvalue weighted by atomic mass is 10.4. The highest BCUT2D eigenvalue weighted by molar-refractivity contribution is 6.29. The Morgan fingerprint density at radius 2 is 2.60 bits per heavy atom. The van der Waals surface area contributed by atoms with Crippen molar-refractivity contribution in [2.45, 2.75) is 0 Å². The maximum Gasteiger partial charge on any atom is 0.360 e. The fourth-order valence-corrected chi connectivity index (χ4v) is 0.592. The molecular weight excluding hydrogens is 158 g/mol. The molecule has 0 saturated heterocycles. The van der Waals surface area contributed by atoms with Gasteiger partial charge in [0.25, 0.3) is 0 Å². The number of esters is 1. The summed E-state index contributed by atoms with van der Waals surface area (Å²) in [6.45, 7) is 0. The highest BCUT2D eigenvalue weighted by atomic mass is 35.5. The van der Waals surface area contributed by atoms with Gasteiger partial charge in [-0.15, -0.1) is 0 Å². The molecule has 0 aliphatic heterocycles. The summed E-state index contributed by atoms with van der Waals surface area (Å²) in [5, 5.41) is 3.37. The van der Waals surface area contributed by atoms with E-state index < -0.39 is 5.97 Å². The molecule has 0 atom stereocenters. The third kappa shape index (κ3) is 1.27. The topological polar surface area (TPSA) is 52.3 Å². The van der Waals surface area contributed by atoms with E-state index in [9.17, 15) is 4.79 Å². The molecule has 0 aromatic carbocycles. The maximum absolute atomic E-state index is 10.6. The largest absolute Gasteiger partial charge is 0.464 e. The molecule has 0 saturated carbocycles. The Morgan fingerprint density at radius 3 is 3.00 bits per heavy atom. The van der Waals surface area contributed by atoms with Crippen LogP contribution in [0.2, 0.25) is 5.22 Å². The van der Waals surface area contributed by atoms with E-state index in [4.69, 9.17) is 11.6 Å². The number of carbonyl (C=O) groups excluding carboxylic acids is 1. The molecule has 0 aliphatic carbocycles. The molecule has 54 valence electrons. The van der Waals surface area contributed by atoms with E-state index in [1.807, 2.05) is 0 Å². The smallest absolute Gasteiger partial charge is 0.360 e. The molecule has 0 aliphatic rings. The molecule has 0 radical (unpaired) electrons. The Labute approximate surface area is 61.7 Å². The van der Waals surface area contributed by atoms with Crippen molar-refractivity contribution in [2.24, 2.45) is 0 Å². The Bertz CT molecular complexity index is 245. The van der Waals surface area contributed by atoms with Crippen LogP contribution in [0.25, 0.3) is 0 Å². The zero-order valence-corrected chi connectivity index (χ0v) is 5.88. The van der Waals surface area contributed by atoms with Crippen molar-refractivity contribution < 1.29 is 14.1 Å². The van der Waals surface area contributed by atoms with E-state index in [1.165, 1.54) is 13.2 Å². The number of halogens is 1. The quantitative estimate of drug-likeness (QED) is 0.579. The van der Waals surface area contributed by atoms with E-state index in [0.717, 1.165) is 0 Å². The van der Waals surface area contributed by atoms with Gasteiger partial charge < -0.3 is 9.26 Å². The van der Waals surface area contributed by atoms with Crippen LogP contribution in [0.4, 0.5) is 0 Å². The van der Waals surface area contributed by atoms with E-state index in [1.54, 1.807) is 0 Å². The summed E-state index contributed by atoms with van der Waals surface area (Å²) >= 11 is 5.32. The van der Waals surface area contributed by atoms with Gasteiger partial charge in [0.2, 0.25) is 5.22 Å². The lowest BCUT2D eigenvalue weighted by Gasteiger charge is -1.88. The molecule has 0 spiro atoms. The van der Waals surface area contributed by atoms with Gasteiger partial charge in [0.1, 0.15) is 0 Å².